The summed E-state index contributed by atoms with van der Waals surface area (Å²) in [5, 5.41) is 7.64. The summed E-state index contributed by atoms with van der Waals surface area (Å²) in [4.78, 5) is 4.60. The molecule has 4 nitrogen and oxygen atoms in total. The Bertz CT molecular complexity index is 423. The summed E-state index contributed by atoms with van der Waals surface area (Å²) in [5.74, 6) is 0.556. The molecule has 1 saturated heterocycles. The lowest BCUT2D eigenvalue weighted by Gasteiger charge is -2.20. The summed E-state index contributed by atoms with van der Waals surface area (Å²) in [6, 6.07) is 3.91. The number of fused-ring (bicyclic) bond motifs is 1. The molecule has 0 radical (unpaired) electrons. The molecule has 3 rings (SSSR count). The lowest BCUT2D eigenvalue weighted by Crippen LogP contribution is -2.28. The Hall–Kier alpha value is -1.42. The quantitative estimate of drug-likeness (QED) is 0.755. The molecule has 78 valence electrons. The average molecular weight is 202 g/mol. The topological polar surface area (TPSA) is 42.2 Å². The minimum atomic E-state index is 0.556. The molecule has 1 aliphatic rings. The highest BCUT2D eigenvalue weighted by Gasteiger charge is 2.17. The molecule has 0 aromatic carbocycles. The molecule has 1 atom stereocenters. The van der Waals surface area contributed by atoms with Gasteiger partial charge in [0, 0.05) is 18.7 Å². The number of nitrogens with zero attached hydrogens (tertiary/aromatic N) is 3. The van der Waals surface area contributed by atoms with Crippen molar-refractivity contribution in [2.75, 3.05) is 13.1 Å². The van der Waals surface area contributed by atoms with Crippen molar-refractivity contribution in [3.8, 4) is 0 Å². The lowest BCUT2D eigenvalue weighted by atomic mass is 9.97. The zero-order valence-electron chi connectivity index (χ0n) is 8.56. The van der Waals surface area contributed by atoms with Gasteiger partial charge in [-0.25, -0.2) is 9.50 Å². The average Bonchev–Trinajstić information content (AvgIpc) is 2.74. The minimum Gasteiger partial charge on any atom is -0.316 e. The van der Waals surface area contributed by atoms with Gasteiger partial charge < -0.3 is 5.32 Å². The van der Waals surface area contributed by atoms with Gasteiger partial charge in [0.05, 0.1) is 11.9 Å². The largest absolute Gasteiger partial charge is 0.316 e. The molecule has 1 N–H and O–H groups in total. The van der Waals surface area contributed by atoms with E-state index in [1.165, 1.54) is 18.5 Å². The van der Waals surface area contributed by atoms with E-state index in [4.69, 9.17) is 0 Å². The van der Waals surface area contributed by atoms with E-state index in [9.17, 15) is 0 Å². The number of piperidine rings is 1. The normalized spacial score (nSPS) is 22.0. The molecule has 15 heavy (non-hydrogen) atoms. The van der Waals surface area contributed by atoms with Gasteiger partial charge in [-0.15, -0.1) is 0 Å². The first-order valence-electron chi connectivity index (χ1n) is 5.44. The van der Waals surface area contributed by atoms with Gasteiger partial charge in [-0.3, -0.25) is 0 Å². The van der Waals surface area contributed by atoms with Crippen LogP contribution in [0.3, 0.4) is 0 Å². The molecule has 0 aliphatic carbocycles. The molecule has 3 heterocycles. The van der Waals surface area contributed by atoms with Gasteiger partial charge in [-0.2, -0.15) is 5.10 Å². The van der Waals surface area contributed by atoms with E-state index in [-0.39, 0.29) is 0 Å². The number of imidazole rings is 1. The van der Waals surface area contributed by atoms with Gasteiger partial charge in [0.1, 0.15) is 0 Å². The van der Waals surface area contributed by atoms with Gasteiger partial charge in [-0.1, -0.05) is 0 Å². The maximum Gasteiger partial charge on any atom is 0.153 e. The van der Waals surface area contributed by atoms with E-state index in [1.54, 1.807) is 6.20 Å². The molecule has 0 spiro atoms. The first kappa shape index (κ1) is 8.85. The third-order valence-corrected chi connectivity index (χ3v) is 2.97. The van der Waals surface area contributed by atoms with Crippen LogP contribution in [0, 0.1) is 0 Å². The standard InChI is InChI=1S/C11H14N4/c1-3-9(7-12-5-1)10-8-15-11(14-10)4-2-6-13-15/h2,4,6,8-9,12H,1,3,5,7H2. The second-order valence-electron chi connectivity index (χ2n) is 4.04. The number of nitrogens with one attached hydrogen (secondary N) is 1. The van der Waals surface area contributed by atoms with Crippen molar-refractivity contribution in [1.29, 1.82) is 0 Å². The number of rotatable bonds is 1. The van der Waals surface area contributed by atoms with Crippen LogP contribution in [0.5, 0.6) is 0 Å². The fourth-order valence-corrected chi connectivity index (χ4v) is 2.15. The molecule has 0 amide bonds. The van der Waals surface area contributed by atoms with E-state index in [2.05, 4.69) is 15.4 Å². The summed E-state index contributed by atoms with van der Waals surface area (Å²) in [5.41, 5.74) is 2.11. The summed E-state index contributed by atoms with van der Waals surface area (Å²) >= 11 is 0. The summed E-state index contributed by atoms with van der Waals surface area (Å²) in [6.07, 6.45) is 6.31. The lowest BCUT2D eigenvalue weighted by molar-refractivity contribution is 0.456. The van der Waals surface area contributed by atoms with Crippen LogP contribution < -0.4 is 5.32 Å². The Kier molecular flexibility index (Phi) is 2.14. The molecule has 2 aromatic heterocycles. The second kappa shape index (κ2) is 3.62. The van der Waals surface area contributed by atoms with Crippen molar-refractivity contribution in [1.82, 2.24) is 19.9 Å². The Morgan fingerprint density at radius 1 is 1.47 bits per heavy atom. The molecule has 1 fully saturated rings. The molecule has 0 saturated carbocycles. The molecule has 0 bridgehead atoms. The molecular formula is C11H14N4. The van der Waals surface area contributed by atoms with Crippen LogP contribution in [0.25, 0.3) is 5.65 Å². The van der Waals surface area contributed by atoms with Gasteiger partial charge in [0.15, 0.2) is 5.65 Å². The van der Waals surface area contributed by atoms with E-state index in [0.29, 0.717) is 5.92 Å². The van der Waals surface area contributed by atoms with Crippen LogP contribution in [0.15, 0.2) is 24.5 Å². The van der Waals surface area contributed by atoms with Gasteiger partial charge in [-0.05, 0) is 31.5 Å². The monoisotopic (exact) mass is 202 g/mol. The predicted molar refractivity (Wildman–Crippen MR) is 57.8 cm³/mol. The van der Waals surface area contributed by atoms with Gasteiger partial charge in [0.2, 0.25) is 0 Å². The van der Waals surface area contributed by atoms with E-state index in [1.807, 2.05) is 22.8 Å². The zero-order valence-corrected chi connectivity index (χ0v) is 8.56. The maximum absolute atomic E-state index is 4.60. The van der Waals surface area contributed by atoms with Crippen LogP contribution in [-0.2, 0) is 0 Å². The first-order valence-corrected chi connectivity index (χ1v) is 5.44. The minimum absolute atomic E-state index is 0.556. The van der Waals surface area contributed by atoms with Crippen molar-refractivity contribution in [3.05, 3.63) is 30.2 Å². The van der Waals surface area contributed by atoms with E-state index < -0.39 is 0 Å². The van der Waals surface area contributed by atoms with Crippen molar-refractivity contribution in [2.24, 2.45) is 0 Å². The highest BCUT2D eigenvalue weighted by Crippen LogP contribution is 2.22. The Labute approximate surface area is 88.3 Å². The van der Waals surface area contributed by atoms with Gasteiger partial charge >= 0.3 is 0 Å². The fourth-order valence-electron chi connectivity index (χ4n) is 2.15. The molecular weight excluding hydrogens is 188 g/mol. The zero-order chi connectivity index (χ0) is 10.1. The van der Waals surface area contributed by atoms with Crippen molar-refractivity contribution >= 4 is 5.65 Å². The van der Waals surface area contributed by atoms with E-state index in [0.717, 1.165) is 18.7 Å². The van der Waals surface area contributed by atoms with Crippen LogP contribution in [0.4, 0.5) is 0 Å². The van der Waals surface area contributed by atoms with Crippen LogP contribution in [0.2, 0.25) is 0 Å². The van der Waals surface area contributed by atoms with Crippen LogP contribution in [-0.4, -0.2) is 27.7 Å². The molecule has 1 unspecified atom stereocenters. The third-order valence-electron chi connectivity index (χ3n) is 2.97. The summed E-state index contributed by atoms with van der Waals surface area (Å²) in [6.45, 7) is 2.19. The SMILES string of the molecule is c1cnn2cc(C3CCCNC3)nc2c1. The van der Waals surface area contributed by atoms with Crippen molar-refractivity contribution in [2.45, 2.75) is 18.8 Å². The summed E-state index contributed by atoms with van der Waals surface area (Å²) in [7, 11) is 0. The Morgan fingerprint density at radius 2 is 2.47 bits per heavy atom. The second-order valence-corrected chi connectivity index (χ2v) is 4.04. The fraction of sp³-hybridized carbons (Fsp3) is 0.455. The Balaban J connectivity index is 1.96. The van der Waals surface area contributed by atoms with Gasteiger partial charge in [0.25, 0.3) is 0 Å². The van der Waals surface area contributed by atoms with Crippen molar-refractivity contribution < 1.29 is 0 Å². The smallest absolute Gasteiger partial charge is 0.153 e. The third kappa shape index (κ3) is 1.61. The molecule has 4 heteroatoms. The highest BCUT2D eigenvalue weighted by atomic mass is 15.2. The molecule has 2 aromatic rings. The number of aromatic nitrogens is 3. The highest BCUT2D eigenvalue weighted by molar-refractivity contribution is 5.38. The first-order chi connectivity index (χ1) is 7.43. The van der Waals surface area contributed by atoms with Crippen molar-refractivity contribution in [3.63, 3.8) is 0 Å². The Morgan fingerprint density at radius 3 is 3.27 bits per heavy atom. The maximum atomic E-state index is 4.60. The van der Waals surface area contributed by atoms with Crippen LogP contribution >= 0.6 is 0 Å². The van der Waals surface area contributed by atoms with Crippen LogP contribution in [0.1, 0.15) is 24.5 Å². The number of hydrogen-bond donors (Lipinski definition) is 1. The van der Waals surface area contributed by atoms with E-state index >= 15 is 0 Å². The summed E-state index contributed by atoms with van der Waals surface area (Å²) < 4.78 is 1.85. The number of hydrogen-bond acceptors (Lipinski definition) is 3. The molecule has 1 aliphatic heterocycles. The predicted octanol–water partition coefficient (Wildman–Crippen LogP) is 1.20.